The monoisotopic (exact) mass is 266 g/mol. The number of nitrogens with zero attached hydrogens (tertiary/aromatic N) is 1. The number of hydroxylamine groups is 2. The van der Waals surface area contributed by atoms with Crippen molar-refractivity contribution >= 4 is 11.6 Å². The molecule has 0 saturated carbocycles. The summed E-state index contributed by atoms with van der Waals surface area (Å²) < 4.78 is 10.7. The lowest BCUT2D eigenvalue weighted by atomic mass is 10.2. The van der Waals surface area contributed by atoms with Gasteiger partial charge in [0.25, 0.3) is 0 Å². The second-order valence-electron chi connectivity index (χ2n) is 3.90. The molecular weight excluding hydrogens is 256 g/mol. The molecule has 6 heteroatoms. The Labute approximate surface area is 108 Å². The summed E-state index contributed by atoms with van der Waals surface area (Å²) in [6.45, 7) is 0.465. The summed E-state index contributed by atoms with van der Waals surface area (Å²) in [5, 5.41) is 2.00. The van der Waals surface area contributed by atoms with Crippen LogP contribution in [-0.2, 0) is 11.4 Å². The zero-order valence-corrected chi connectivity index (χ0v) is 10.1. The second kappa shape index (κ2) is 4.44. The van der Waals surface area contributed by atoms with Crippen molar-refractivity contribution in [1.82, 2.24) is 5.06 Å². The third-order valence-corrected chi connectivity index (χ3v) is 2.84. The lowest BCUT2D eigenvalue weighted by Gasteiger charge is -2.19. The Morgan fingerprint density at radius 3 is 2.89 bits per heavy atom. The van der Waals surface area contributed by atoms with Crippen LogP contribution >= 0.6 is 11.6 Å². The van der Waals surface area contributed by atoms with Crippen molar-refractivity contribution in [3.05, 3.63) is 59.2 Å². The van der Waals surface area contributed by atoms with E-state index in [1.807, 2.05) is 12.1 Å². The van der Waals surface area contributed by atoms with E-state index in [-0.39, 0.29) is 6.04 Å². The van der Waals surface area contributed by atoms with Gasteiger partial charge in [-0.05, 0) is 35.9 Å². The van der Waals surface area contributed by atoms with Crippen molar-refractivity contribution in [2.45, 2.75) is 12.6 Å². The number of furan rings is 2. The number of rotatable bonds is 3. The van der Waals surface area contributed by atoms with Crippen LogP contribution in [-0.4, -0.2) is 5.06 Å². The molecule has 5 nitrogen and oxygen atoms in total. The zero-order chi connectivity index (χ0) is 12.5. The van der Waals surface area contributed by atoms with Gasteiger partial charge in [0.1, 0.15) is 17.6 Å². The van der Waals surface area contributed by atoms with E-state index < -0.39 is 0 Å². The first-order valence-electron chi connectivity index (χ1n) is 5.42. The average molecular weight is 267 g/mol. The molecule has 0 spiro atoms. The number of hydrogen-bond donors (Lipinski definition) is 1. The Hall–Kier alpha value is -1.85. The second-order valence-corrected chi connectivity index (χ2v) is 4.27. The molecule has 3 heterocycles. The molecule has 0 bridgehead atoms. The quantitative estimate of drug-likeness (QED) is 0.925. The highest BCUT2D eigenvalue weighted by atomic mass is 35.5. The molecule has 2 N–H and O–H groups in total. The van der Waals surface area contributed by atoms with Gasteiger partial charge in [0.2, 0.25) is 5.88 Å². The van der Waals surface area contributed by atoms with Crippen molar-refractivity contribution in [3.63, 3.8) is 0 Å². The fourth-order valence-electron chi connectivity index (χ4n) is 1.86. The van der Waals surface area contributed by atoms with Gasteiger partial charge < -0.3 is 19.4 Å². The van der Waals surface area contributed by atoms with Crippen molar-refractivity contribution in [2.75, 3.05) is 0 Å². The van der Waals surface area contributed by atoms with Gasteiger partial charge in [-0.15, -0.1) is 5.06 Å². The van der Waals surface area contributed by atoms with E-state index in [1.54, 1.807) is 29.5 Å². The maximum absolute atomic E-state index is 5.77. The molecule has 0 aliphatic carbocycles. The van der Waals surface area contributed by atoms with Crippen LogP contribution in [0.4, 0.5) is 0 Å². The van der Waals surface area contributed by atoms with Gasteiger partial charge in [-0.2, -0.15) is 0 Å². The molecule has 2 aromatic rings. The van der Waals surface area contributed by atoms with Crippen LogP contribution < -0.4 is 5.73 Å². The fraction of sp³-hybridized carbons (Fsp3) is 0.167. The largest absolute Gasteiger partial charge is 0.468 e. The standard InChI is InChI=1S/C12H11ClN2O3/c13-11-4-3-10(17-11)9-6-12(14)18-15(9)7-8-2-1-5-16-8/h1-6,9H,7,14H2. The Bertz CT molecular complexity index is 562. The number of halogens is 1. The highest BCUT2D eigenvalue weighted by Gasteiger charge is 2.30. The summed E-state index contributed by atoms with van der Waals surface area (Å²) in [5.74, 6) is 1.78. The van der Waals surface area contributed by atoms with Gasteiger partial charge in [0, 0.05) is 6.08 Å². The van der Waals surface area contributed by atoms with Crippen LogP contribution in [0.1, 0.15) is 17.6 Å². The van der Waals surface area contributed by atoms with Crippen molar-refractivity contribution in [2.24, 2.45) is 5.73 Å². The van der Waals surface area contributed by atoms with E-state index >= 15 is 0 Å². The molecule has 1 unspecified atom stereocenters. The molecule has 0 fully saturated rings. The summed E-state index contributed by atoms with van der Waals surface area (Å²) >= 11 is 5.77. The van der Waals surface area contributed by atoms with Crippen LogP contribution in [0.3, 0.4) is 0 Å². The Morgan fingerprint density at radius 1 is 1.33 bits per heavy atom. The minimum Gasteiger partial charge on any atom is -0.468 e. The Morgan fingerprint density at radius 2 is 2.22 bits per heavy atom. The third kappa shape index (κ3) is 2.10. The van der Waals surface area contributed by atoms with Crippen molar-refractivity contribution in [3.8, 4) is 0 Å². The maximum Gasteiger partial charge on any atom is 0.207 e. The summed E-state index contributed by atoms with van der Waals surface area (Å²) in [4.78, 5) is 5.42. The Kier molecular flexibility index (Phi) is 2.77. The van der Waals surface area contributed by atoms with Crippen molar-refractivity contribution in [1.29, 1.82) is 0 Å². The van der Waals surface area contributed by atoms with E-state index in [0.717, 1.165) is 5.76 Å². The summed E-state index contributed by atoms with van der Waals surface area (Å²) in [6, 6.07) is 6.96. The molecule has 1 atom stereocenters. The zero-order valence-electron chi connectivity index (χ0n) is 9.38. The molecule has 1 aliphatic rings. The van der Waals surface area contributed by atoms with Gasteiger partial charge in [0.15, 0.2) is 5.22 Å². The molecule has 2 aromatic heterocycles. The summed E-state index contributed by atoms with van der Waals surface area (Å²) in [6.07, 6.45) is 3.37. The summed E-state index contributed by atoms with van der Waals surface area (Å²) in [5.41, 5.74) is 5.68. The fourth-order valence-corrected chi connectivity index (χ4v) is 2.01. The van der Waals surface area contributed by atoms with Crippen LogP contribution in [0.2, 0.25) is 5.22 Å². The first kappa shape index (κ1) is 11.3. The predicted molar refractivity (Wildman–Crippen MR) is 64.1 cm³/mol. The molecule has 18 heavy (non-hydrogen) atoms. The molecule has 0 amide bonds. The lowest BCUT2D eigenvalue weighted by Crippen LogP contribution is -2.22. The lowest BCUT2D eigenvalue weighted by molar-refractivity contribution is -0.134. The molecule has 3 rings (SSSR count). The van der Waals surface area contributed by atoms with Crippen LogP contribution in [0, 0.1) is 0 Å². The van der Waals surface area contributed by atoms with Crippen molar-refractivity contribution < 1.29 is 13.7 Å². The molecule has 1 aliphatic heterocycles. The van der Waals surface area contributed by atoms with E-state index in [4.69, 9.17) is 31.0 Å². The molecule has 0 radical (unpaired) electrons. The minimum atomic E-state index is -0.206. The average Bonchev–Trinajstić information content (AvgIpc) is 3.01. The molecule has 94 valence electrons. The normalized spacial score (nSPS) is 19.8. The minimum absolute atomic E-state index is 0.206. The summed E-state index contributed by atoms with van der Waals surface area (Å²) in [7, 11) is 0. The Balaban J connectivity index is 1.82. The molecule has 0 aromatic carbocycles. The highest BCUT2D eigenvalue weighted by Crippen LogP contribution is 2.33. The van der Waals surface area contributed by atoms with Crippen LogP contribution in [0.25, 0.3) is 0 Å². The van der Waals surface area contributed by atoms with Gasteiger partial charge in [-0.1, -0.05) is 0 Å². The first-order chi connectivity index (χ1) is 8.72. The van der Waals surface area contributed by atoms with E-state index in [9.17, 15) is 0 Å². The molecular formula is C12H11ClN2O3. The number of hydrogen-bond acceptors (Lipinski definition) is 5. The first-order valence-corrected chi connectivity index (χ1v) is 5.80. The van der Waals surface area contributed by atoms with Gasteiger partial charge in [0.05, 0.1) is 12.8 Å². The van der Waals surface area contributed by atoms with Crippen LogP contribution in [0.5, 0.6) is 0 Å². The van der Waals surface area contributed by atoms with E-state index in [2.05, 4.69) is 0 Å². The predicted octanol–water partition coefficient (Wildman–Crippen LogP) is 2.81. The number of nitrogens with two attached hydrogens (primary N) is 1. The third-order valence-electron chi connectivity index (χ3n) is 2.63. The highest BCUT2D eigenvalue weighted by molar-refractivity contribution is 6.28. The topological polar surface area (TPSA) is 64.8 Å². The van der Waals surface area contributed by atoms with E-state index in [1.165, 1.54) is 0 Å². The molecule has 0 saturated heterocycles. The smallest absolute Gasteiger partial charge is 0.207 e. The maximum atomic E-state index is 5.77. The van der Waals surface area contributed by atoms with Gasteiger partial charge in [-0.3, -0.25) is 0 Å². The van der Waals surface area contributed by atoms with Crippen LogP contribution in [0.15, 0.2) is 51.3 Å². The van der Waals surface area contributed by atoms with Gasteiger partial charge in [-0.25, -0.2) is 0 Å². The SMILES string of the molecule is NC1=CC(c2ccc(Cl)o2)N(Cc2ccco2)O1. The van der Waals surface area contributed by atoms with Gasteiger partial charge >= 0.3 is 0 Å². The van der Waals surface area contributed by atoms with E-state index in [0.29, 0.717) is 23.4 Å².